The van der Waals surface area contributed by atoms with Crippen LogP contribution in [0.5, 0.6) is 0 Å². The number of H-pyrrole nitrogens is 1. The van der Waals surface area contributed by atoms with E-state index in [2.05, 4.69) is 45.0 Å². The number of azo groups is 1. The Morgan fingerprint density at radius 2 is 1.41 bits per heavy atom. The molecule has 21 nitrogen and oxygen atoms in total. The van der Waals surface area contributed by atoms with E-state index in [4.69, 9.17) is 23.2 Å². The van der Waals surface area contributed by atoms with Crippen LogP contribution in [0.1, 0.15) is 18.5 Å². The molecule has 0 saturated carbocycles. The molecule has 58 heavy (non-hydrogen) atoms. The Bertz CT molecular complexity index is 2400. The molecule has 0 fully saturated rings. The minimum atomic E-state index is -4.98. The van der Waals surface area contributed by atoms with Gasteiger partial charge in [0.25, 0.3) is 5.56 Å². The van der Waals surface area contributed by atoms with E-state index in [9.17, 15) is 49.0 Å². The molecule has 0 saturated heterocycles. The summed E-state index contributed by atoms with van der Waals surface area (Å²) in [6.07, 6.45) is 0.00383. The Kier molecular flexibility index (Phi) is 27.3. The maximum atomic E-state index is 13.3. The van der Waals surface area contributed by atoms with Crippen LogP contribution in [-0.2, 0) is 39.7 Å². The van der Waals surface area contributed by atoms with Gasteiger partial charge in [-0.15, -0.1) is 10.2 Å². The molecule has 0 aliphatic heterocycles. The SMILES string of the molecule is Cc1[nH]n(-c2cc(Cl)c(S(=O)(=O)[O-])cc2Cl)c(=O)c1N=Nc1cc(Nc2nc(SCCCS(=O)(=O)[O-])nc(SCCCS(=O)(=O)[O-])n2)ccc1SOO[O-].[Na+].[Na+].[Na+].[Na+]. The number of thioether (sulfide) groups is 2. The van der Waals surface area contributed by atoms with Crippen molar-refractivity contribution in [2.24, 2.45) is 10.2 Å². The molecule has 33 heteroatoms. The zero-order valence-corrected chi connectivity index (χ0v) is 45.2. The molecule has 0 unspecified atom stereocenters. The zero-order chi connectivity index (χ0) is 39.8. The molecule has 294 valence electrons. The fraction of sp³-hybridized carbons (Fsp3) is 0.280. The van der Waals surface area contributed by atoms with Crippen LogP contribution in [0.2, 0.25) is 10.0 Å². The molecule has 0 aliphatic carbocycles. The van der Waals surface area contributed by atoms with Gasteiger partial charge in [-0.3, -0.25) is 14.9 Å². The first-order chi connectivity index (χ1) is 25.2. The van der Waals surface area contributed by atoms with Crippen LogP contribution >= 0.6 is 58.8 Å². The molecule has 0 bridgehead atoms. The van der Waals surface area contributed by atoms with Crippen LogP contribution in [0.15, 0.2) is 65.5 Å². The molecule has 2 N–H and O–H groups in total. The second-order valence-corrected chi connectivity index (χ2v) is 18.4. The summed E-state index contributed by atoms with van der Waals surface area (Å²) in [6, 6.07) is 6.10. The average molecular weight is 998 g/mol. The minimum absolute atomic E-state index is 0. The van der Waals surface area contributed by atoms with Crippen LogP contribution in [0.3, 0.4) is 0 Å². The molecule has 0 spiro atoms. The summed E-state index contributed by atoms with van der Waals surface area (Å²) in [7, 11) is -13.9. The topological polar surface area (TPSA) is 326 Å². The second kappa shape index (κ2) is 26.8. The van der Waals surface area contributed by atoms with Gasteiger partial charge in [-0.1, -0.05) is 46.7 Å². The van der Waals surface area contributed by atoms with E-state index in [0.29, 0.717) is 12.0 Å². The van der Waals surface area contributed by atoms with Crippen LogP contribution in [0.25, 0.3) is 5.69 Å². The van der Waals surface area contributed by atoms with Crippen molar-refractivity contribution in [3.05, 3.63) is 56.4 Å². The molecule has 0 radical (unpaired) electrons. The third-order valence-electron chi connectivity index (χ3n) is 6.31. The normalized spacial score (nSPS) is 11.6. The zero-order valence-electron chi connectivity index (χ0n) is 30.8. The Morgan fingerprint density at radius 3 is 1.93 bits per heavy atom. The first-order valence-corrected chi connectivity index (χ1v) is 22.4. The second-order valence-electron chi connectivity index (χ2n) is 10.3. The van der Waals surface area contributed by atoms with E-state index in [0.717, 1.165) is 40.3 Å². The van der Waals surface area contributed by atoms with Gasteiger partial charge in [0.2, 0.25) is 5.95 Å². The number of aromatic amines is 1. The van der Waals surface area contributed by atoms with Crippen molar-refractivity contribution in [2.75, 3.05) is 28.3 Å². The number of hydrogen-bond acceptors (Lipinski definition) is 22. The van der Waals surface area contributed by atoms with Gasteiger partial charge < -0.3 is 24.2 Å². The fourth-order valence-electron chi connectivity index (χ4n) is 4.05. The maximum absolute atomic E-state index is 13.3. The largest absolute Gasteiger partial charge is 1.00 e. The standard InChI is InChI=1S/C25H26Cl2N8O13S6.4Na/c1-13-21(22(36)35(34-13)18-11-16(27)20(12-15(18)26)54(44,45)46)33-32-17-10-14(4-5-19(17)51-48-47-37)28-23-29-24(49-6-2-8-52(38,39)40)31-25(30-23)50-7-3-9-53(41,42)43;;;;/h4-5,10-12,34,37H,2-3,6-9H2,1H3,(H,38,39,40)(H,41,42,43)(H,44,45,46)(H,28,29,30,31);;;;/q;4*+1/p-4. The van der Waals surface area contributed by atoms with Gasteiger partial charge in [0.05, 0.1) is 63.5 Å². The smallest absolute Gasteiger partial charge is 0.748 e. The van der Waals surface area contributed by atoms with Crippen molar-refractivity contribution in [3.63, 3.8) is 0 Å². The summed E-state index contributed by atoms with van der Waals surface area (Å²) in [4.78, 5) is 25.6. The van der Waals surface area contributed by atoms with Crippen molar-refractivity contribution in [3.8, 4) is 5.69 Å². The van der Waals surface area contributed by atoms with Gasteiger partial charge in [0.1, 0.15) is 15.8 Å². The predicted molar refractivity (Wildman–Crippen MR) is 191 cm³/mol. The molecular formula is C25H22Cl2N8Na4O13S6. The number of aromatic nitrogens is 5. The van der Waals surface area contributed by atoms with Gasteiger partial charge in [0.15, 0.2) is 16.0 Å². The Hall–Kier alpha value is 1.10. The molecule has 0 aliphatic rings. The number of rotatable bonds is 19. The first kappa shape index (κ1) is 59.1. The van der Waals surface area contributed by atoms with Gasteiger partial charge >= 0.3 is 118 Å². The van der Waals surface area contributed by atoms with Crippen LogP contribution in [0, 0.1) is 6.92 Å². The number of aryl methyl sites for hydroxylation is 1. The number of anilines is 2. The number of nitrogens with zero attached hydrogens (tertiary/aromatic N) is 6. The summed E-state index contributed by atoms with van der Waals surface area (Å²) in [6.45, 7) is 1.46. The molecule has 0 atom stereocenters. The summed E-state index contributed by atoms with van der Waals surface area (Å²) in [5, 5.41) is 27.2. The molecule has 2 heterocycles. The fourth-order valence-corrected chi connectivity index (χ4v) is 8.74. The number of halogens is 2. The predicted octanol–water partition coefficient (Wildman–Crippen LogP) is -8.67. The third-order valence-corrected chi connectivity index (χ3v) is 12.0. The first-order valence-electron chi connectivity index (χ1n) is 14.4. The number of hydrogen-bond donors (Lipinski definition) is 2. The van der Waals surface area contributed by atoms with Crippen molar-refractivity contribution in [1.29, 1.82) is 0 Å². The Labute approximate surface area is 442 Å². The van der Waals surface area contributed by atoms with Crippen molar-refractivity contribution in [2.45, 2.75) is 39.9 Å². The van der Waals surface area contributed by atoms with Crippen LogP contribution in [-0.4, -0.2) is 86.7 Å². The summed E-state index contributed by atoms with van der Waals surface area (Å²) in [5.74, 6) is -0.959. The summed E-state index contributed by atoms with van der Waals surface area (Å²) >= 11 is 14.6. The number of benzene rings is 2. The van der Waals surface area contributed by atoms with Gasteiger partial charge in [-0.25, -0.2) is 29.9 Å². The van der Waals surface area contributed by atoms with Gasteiger partial charge in [0, 0.05) is 28.7 Å². The molecule has 4 rings (SSSR count). The Balaban J connectivity index is 0.00000812. The van der Waals surface area contributed by atoms with E-state index in [1.54, 1.807) is 0 Å². The van der Waals surface area contributed by atoms with Crippen LogP contribution in [0.4, 0.5) is 23.0 Å². The molecular weight excluding hydrogens is 976 g/mol. The van der Waals surface area contributed by atoms with E-state index in [1.807, 2.05) is 0 Å². The minimum Gasteiger partial charge on any atom is -0.748 e. The molecule has 2 aromatic heterocycles. The van der Waals surface area contributed by atoms with E-state index >= 15 is 0 Å². The molecule has 4 aromatic rings. The maximum Gasteiger partial charge on any atom is 1.00 e. The monoisotopic (exact) mass is 996 g/mol. The quantitative estimate of drug-likeness (QED) is 0.0129. The Morgan fingerprint density at radius 1 is 0.845 bits per heavy atom. The average Bonchev–Trinajstić information content (AvgIpc) is 3.35. The van der Waals surface area contributed by atoms with Gasteiger partial charge in [-0.05, 0) is 50.1 Å². The summed E-state index contributed by atoms with van der Waals surface area (Å²) in [5.41, 5.74) is -0.716. The van der Waals surface area contributed by atoms with E-state index in [1.165, 1.54) is 25.1 Å². The van der Waals surface area contributed by atoms with Crippen molar-refractivity contribution < 1.29 is 172 Å². The van der Waals surface area contributed by atoms with E-state index in [-0.39, 0.29) is 197 Å². The summed E-state index contributed by atoms with van der Waals surface area (Å²) < 4.78 is 106. The number of nitrogens with one attached hydrogen (secondary N) is 2. The van der Waals surface area contributed by atoms with Crippen molar-refractivity contribution >= 4 is 112 Å². The van der Waals surface area contributed by atoms with Crippen molar-refractivity contribution in [1.82, 2.24) is 24.7 Å². The third kappa shape index (κ3) is 19.1. The van der Waals surface area contributed by atoms with Crippen LogP contribution < -0.4 is 134 Å². The molecule has 2 aromatic carbocycles. The van der Waals surface area contributed by atoms with Gasteiger partial charge in [-0.2, -0.15) is 19.3 Å². The molecule has 0 amide bonds. The van der Waals surface area contributed by atoms with E-state index < -0.39 is 57.3 Å².